The summed E-state index contributed by atoms with van der Waals surface area (Å²) in [4.78, 5) is 21.5. The van der Waals surface area contributed by atoms with Gasteiger partial charge in [-0.3, -0.25) is 4.79 Å². The van der Waals surface area contributed by atoms with Gasteiger partial charge >= 0.3 is 0 Å². The molecule has 0 saturated carbocycles. The largest absolute Gasteiger partial charge is 0.381 e. The molecule has 0 radical (unpaired) electrons. The average molecular weight is 455 g/mol. The third-order valence-corrected chi connectivity index (χ3v) is 5.46. The van der Waals surface area contributed by atoms with E-state index in [0.717, 1.165) is 53.7 Å². The van der Waals surface area contributed by atoms with Gasteiger partial charge in [0, 0.05) is 47.9 Å². The van der Waals surface area contributed by atoms with Crippen LogP contribution in [-0.4, -0.2) is 41.7 Å². The Morgan fingerprint density at radius 3 is 2.86 bits per heavy atom. The van der Waals surface area contributed by atoms with Gasteiger partial charge in [-0.2, -0.15) is 0 Å². The fourth-order valence-electron chi connectivity index (χ4n) is 3.38. The normalized spacial score (nSPS) is 14.7. The Kier molecular flexibility index (Phi) is 6.36. The molecule has 1 fully saturated rings. The van der Waals surface area contributed by atoms with Crippen molar-refractivity contribution in [3.63, 3.8) is 0 Å². The molecule has 0 bridgehead atoms. The SMILES string of the molecule is O=C(NCCc1cccc(Br)c1)c1ccc2cnc(NC3CCOCC3)cc2n1. The Morgan fingerprint density at radius 2 is 2.03 bits per heavy atom. The Morgan fingerprint density at radius 1 is 1.17 bits per heavy atom. The molecule has 2 aromatic heterocycles. The molecule has 0 unspecified atom stereocenters. The molecule has 2 N–H and O–H groups in total. The van der Waals surface area contributed by atoms with Gasteiger partial charge in [0.25, 0.3) is 5.91 Å². The summed E-state index contributed by atoms with van der Waals surface area (Å²) < 4.78 is 6.43. The number of nitrogens with one attached hydrogen (secondary N) is 2. The molecule has 6 nitrogen and oxygen atoms in total. The highest BCUT2D eigenvalue weighted by Crippen LogP contribution is 2.18. The fourth-order valence-corrected chi connectivity index (χ4v) is 3.82. The van der Waals surface area contributed by atoms with Crippen molar-refractivity contribution in [2.45, 2.75) is 25.3 Å². The Bertz CT molecular complexity index is 1010. The van der Waals surface area contributed by atoms with Crippen molar-refractivity contribution in [2.24, 2.45) is 0 Å². The van der Waals surface area contributed by atoms with E-state index in [0.29, 0.717) is 18.3 Å². The molecule has 150 valence electrons. The summed E-state index contributed by atoms with van der Waals surface area (Å²) in [6, 6.07) is 14.0. The van der Waals surface area contributed by atoms with Crippen LogP contribution < -0.4 is 10.6 Å². The zero-order chi connectivity index (χ0) is 20.1. The smallest absolute Gasteiger partial charge is 0.269 e. The Labute approximate surface area is 178 Å². The van der Waals surface area contributed by atoms with Crippen LogP contribution in [0.1, 0.15) is 28.9 Å². The number of hydrogen-bond donors (Lipinski definition) is 2. The monoisotopic (exact) mass is 454 g/mol. The fraction of sp³-hybridized carbons (Fsp3) is 0.318. The molecule has 4 rings (SSSR count). The highest BCUT2D eigenvalue weighted by atomic mass is 79.9. The number of carbonyl (C=O) groups excluding carboxylic acids is 1. The maximum atomic E-state index is 12.5. The zero-order valence-electron chi connectivity index (χ0n) is 16.0. The number of anilines is 1. The summed E-state index contributed by atoms with van der Waals surface area (Å²) in [6.45, 7) is 2.10. The first-order chi connectivity index (χ1) is 14.2. The topological polar surface area (TPSA) is 76.1 Å². The molecule has 0 spiro atoms. The van der Waals surface area contributed by atoms with Crippen LogP contribution in [0, 0.1) is 0 Å². The first-order valence-electron chi connectivity index (χ1n) is 9.81. The van der Waals surface area contributed by atoms with Gasteiger partial charge in [0.2, 0.25) is 0 Å². The minimum Gasteiger partial charge on any atom is -0.381 e. The summed E-state index contributed by atoms with van der Waals surface area (Å²) in [7, 11) is 0. The van der Waals surface area contributed by atoms with E-state index in [2.05, 4.69) is 42.6 Å². The Balaban J connectivity index is 1.40. The highest BCUT2D eigenvalue weighted by Gasteiger charge is 2.14. The molecule has 1 aromatic carbocycles. The summed E-state index contributed by atoms with van der Waals surface area (Å²) in [5, 5.41) is 7.30. The van der Waals surface area contributed by atoms with E-state index in [9.17, 15) is 4.79 Å². The predicted octanol–water partition coefficient (Wildman–Crippen LogP) is 3.96. The van der Waals surface area contributed by atoms with Gasteiger partial charge in [-0.15, -0.1) is 0 Å². The number of amides is 1. The summed E-state index contributed by atoms with van der Waals surface area (Å²) >= 11 is 3.47. The second-order valence-electron chi connectivity index (χ2n) is 7.13. The maximum absolute atomic E-state index is 12.5. The molecule has 1 aliphatic heterocycles. The van der Waals surface area contributed by atoms with Crippen LogP contribution in [0.15, 0.2) is 53.1 Å². The lowest BCUT2D eigenvalue weighted by Gasteiger charge is -2.23. The van der Waals surface area contributed by atoms with E-state index < -0.39 is 0 Å². The number of aromatic nitrogens is 2. The number of fused-ring (bicyclic) bond motifs is 1. The van der Waals surface area contributed by atoms with E-state index in [1.165, 1.54) is 5.56 Å². The second-order valence-corrected chi connectivity index (χ2v) is 8.04. The van der Waals surface area contributed by atoms with Crippen molar-refractivity contribution in [1.29, 1.82) is 0 Å². The van der Waals surface area contributed by atoms with Gasteiger partial charge in [0.05, 0.1) is 5.52 Å². The van der Waals surface area contributed by atoms with Gasteiger partial charge < -0.3 is 15.4 Å². The summed E-state index contributed by atoms with van der Waals surface area (Å²) in [5.74, 6) is 0.613. The van der Waals surface area contributed by atoms with Crippen molar-refractivity contribution in [3.8, 4) is 0 Å². The molecule has 3 heterocycles. The third-order valence-electron chi connectivity index (χ3n) is 4.97. The number of rotatable bonds is 6. The first kappa shape index (κ1) is 19.8. The number of hydrogen-bond acceptors (Lipinski definition) is 5. The third kappa shape index (κ3) is 5.31. The molecular formula is C22H23BrN4O2. The first-order valence-corrected chi connectivity index (χ1v) is 10.6. The summed E-state index contributed by atoms with van der Waals surface area (Å²) in [6.07, 6.45) is 4.49. The van der Waals surface area contributed by atoms with Crippen molar-refractivity contribution in [1.82, 2.24) is 15.3 Å². The standard InChI is InChI=1S/C22H23BrN4O2/c23-17-3-1-2-15(12-17)6-9-24-22(28)19-5-4-16-14-25-21(13-20(16)27-19)26-18-7-10-29-11-8-18/h1-5,12-14,18H,6-11H2,(H,24,28)(H,25,26). The molecule has 0 atom stereocenters. The molecule has 1 saturated heterocycles. The van der Waals surface area contributed by atoms with Gasteiger partial charge in [-0.25, -0.2) is 9.97 Å². The van der Waals surface area contributed by atoms with Crippen LogP contribution in [0.2, 0.25) is 0 Å². The van der Waals surface area contributed by atoms with E-state index in [4.69, 9.17) is 4.74 Å². The number of pyridine rings is 2. The van der Waals surface area contributed by atoms with Crippen LogP contribution in [0.3, 0.4) is 0 Å². The maximum Gasteiger partial charge on any atom is 0.269 e. The van der Waals surface area contributed by atoms with Crippen molar-refractivity contribution < 1.29 is 9.53 Å². The average Bonchev–Trinajstić information content (AvgIpc) is 2.74. The molecule has 3 aromatic rings. The van der Waals surface area contributed by atoms with Gasteiger partial charge in [0.1, 0.15) is 11.5 Å². The second kappa shape index (κ2) is 9.33. The molecule has 1 amide bonds. The minimum absolute atomic E-state index is 0.169. The van der Waals surface area contributed by atoms with E-state index >= 15 is 0 Å². The zero-order valence-corrected chi connectivity index (χ0v) is 17.6. The van der Waals surface area contributed by atoms with Gasteiger partial charge in [-0.1, -0.05) is 28.1 Å². The van der Waals surface area contributed by atoms with Crippen LogP contribution in [0.4, 0.5) is 5.82 Å². The van der Waals surface area contributed by atoms with E-state index in [1.54, 1.807) is 12.3 Å². The molecule has 29 heavy (non-hydrogen) atoms. The van der Waals surface area contributed by atoms with Crippen LogP contribution in [-0.2, 0) is 11.2 Å². The van der Waals surface area contributed by atoms with Crippen molar-refractivity contribution in [2.75, 3.05) is 25.1 Å². The predicted molar refractivity (Wildman–Crippen MR) is 117 cm³/mol. The molecule has 1 aliphatic rings. The highest BCUT2D eigenvalue weighted by molar-refractivity contribution is 9.10. The number of carbonyl (C=O) groups is 1. The van der Waals surface area contributed by atoms with Crippen molar-refractivity contribution in [3.05, 3.63) is 64.4 Å². The quantitative estimate of drug-likeness (QED) is 0.589. The number of halogens is 1. The van der Waals surface area contributed by atoms with Crippen LogP contribution in [0.5, 0.6) is 0 Å². The number of benzene rings is 1. The lowest BCUT2D eigenvalue weighted by molar-refractivity contribution is 0.0903. The van der Waals surface area contributed by atoms with E-state index in [-0.39, 0.29) is 5.91 Å². The molecular weight excluding hydrogens is 432 g/mol. The Hall–Kier alpha value is -2.51. The van der Waals surface area contributed by atoms with E-state index in [1.807, 2.05) is 30.3 Å². The van der Waals surface area contributed by atoms with Crippen molar-refractivity contribution >= 4 is 38.6 Å². The number of nitrogens with zero attached hydrogens (tertiary/aromatic N) is 2. The lowest BCUT2D eigenvalue weighted by atomic mass is 10.1. The summed E-state index contributed by atoms with van der Waals surface area (Å²) in [5.41, 5.74) is 2.34. The minimum atomic E-state index is -0.169. The van der Waals surface area contributed by atoms with Gasteiger partial charge in [0.15, 0.2) is 0 Å². The molecule has 0 aliphatic carbocycles. The lowest BCUT2D eigenvalue weighted by Crippen LogP contribution is -2.28. The number of ether oxygens (including phenoxy) is 1. The molecule has 7 heteroatoms. The van der Waals surface area contributed by atoms with Crippen LogP contribution >= 0.6 is 15.9 Å². The van der Waals surface area contributed by atoms with Gasteiger partial charge in [-0.05, 0) is 49.1 Å². The van der Waals surface area contributed by atoms with Crippen LogP contribution in [0.25, 0.3) is 10.9 Å².